The van der Waals surface area contributed by atoms with E-state index in [1.165, 1.54) is 38.6 Å². The Morgan fingerprint density at radius 2 is 2.13 bits per heavy atom. The van der Waals surface area contributed by atoms with Crippen LogP contribution >= 0.6 is 0 Å². The standard InChI is InChI=1S/C12H24N2O/c1-10-4-2-3-7-14(10)9-12(15)8-13-11-5-6-11/h10-13,15H,2-9H2,1H3/t10-,12-/m1/s1. The number of aliphatic hydroxyl groups is 1. The van der Waals surface area contributed by atoms with Gasteiger partial charge in [-0.25, -0.2) is 0 Å². The first kappa shape index (κ1) is 11.4. The van der Waals surface area contributed by atoms with Gasteiger partial charge in [-0.1, -0.05) is 6.42 Å². The number of likely N-dealkylation sites (tertiary alicyclic amines) is 1. The highest BCUT2D eigenvalue weighted by Crippen LogP contribution is 2.19. The molecule has 0 radical (unpaired) electrons. The van der Waals surface area contributed by atoms with Gasteiger partial charge in [-0.3, -0.25) is 4.90 Å². The fraction of sp³-hybridized carbons (Fsp3) is 1.00. The normalized spacial score (nSPS) is 30.4. The Hall–Kier alpha value is -0.120. The van der Waals surface area contributed by atoms with Gasteiger partial charge in [0.05, 0.1) is 6.10 Å². The molecule has 88 valence electrons. The second-order valence-electron chi connectivity index (χ2n) is 5.18. The highest BCUT2D eigenvalue weighted by Gasteiger charge is 2.24. The Morgan fingerprint density at radius 1 is 1.33 bits per heavy atom. The van der Waals surface area contributed by atoms with E-state index in [0.29, 0.717) is 12.1 Å². The third kappa shape index (κ3) is 3.74. The molecule has 0 bridgehead atoms. The summed E-state index contributed by atoms with van der Waals surface area (Å²) in [5.74, 6) is 0. The molecule has 3 nitrogen and oxygen atoms in total. The second kappa shape index (κ2) is 5.28. The molecule has 0 amide bonds. The predicted molar refractivity (Wildman–Crippen MR) is 61.9 cm³/mol. The van der Waals surface area contributed by atoms with E-state index in [1.807, 2.05) is 0 Å². The van der Waals surface area contributed by atoms with Crippen LogP contribution in [0, 0.1) is 0 Å². The van der Waals surface area contributed by atoms with Crippen molar-refractivity contribution in [3.8, 4) is 0 Å². The van der Waals surface area contributed by atoms with Crippen LogP contribution in [0.2, 0.25) is 0 Å². The first-order valence-corrected chi connectivity index (χ1v) is 6.41. The minimum Gasteiger partial charge on any atom is -0.390 e. The minimum absolute atomic E-state index is 0.189. The molecule has 15 heavy (non-hydrogen) atoms. The summed E-state index contributed by atoms with van der Waals surface area (Å²) in [5.41, 5.74) is 0. The first-order valence-electron chi connectivity index (χ1n) is 6.41. The van der Waals surface area contributed by atoms with Crippen LogP contribution in [0.3, 0.4) is 0 Å². The van der Waals surface area contributed by atoms with E-state index in [9.17, 15) is 5.11 Å². The van der Waals surface area contributed by atoms with Gasteiger partial charge in [-0.15, -0.1) is 0 Å². The number of nitrogens with zero attached hydrogens (tertiary/aromatic N) is 1. The van der Waals surface area contributed by atoms with Gasteiger partial charge in [0.25, 0.3) is 0 Å². The monoisotopic (exact) mass is 212 g/mol. The van der Waals surface area contributed by atoms with E-state index < -0.39 is 0 Å². The van der Waals surface area contributed by atoms with Gasteiger partial charge in [0.2, 0.25) is 0 Å². The summed E-state index contributed by atoms with van der Waals surface area (Å²) < 4.78 is 0. The van der Waals surface area contributed by atoms with Crippen LogP contribution in [-0.4, -0.2) is 47.8 Å². The van der Waals surface area contributed by atoms with Gasteiger partial charge in [-0.2, -0.15) is 0 Å². The quantitative estimate of drug-likeness (QED) is 0.713. The van der Waals surface area contributed by atoms with Crippen LogP contribution in [0.15, 0.2) is 0 Å². The zero-order chi connectivity index (χ0) is 10.7. The predicted octanol–water partition coefficient (Wildman–Crippen LogP) is 0.974. The van der Waals surface area contributed by atoms with Crippen LogP contribution in [0.1, 0.15) is 39.0 Å². The van der Waals surface area contributed by atoms with Gasteiger partial charge in [0.1, 0.15) is 0 Å². The number of aliphatic hydroxyl groups excluding tert-OH is 1. The molecule has 0 aromatic rings. The highest BCUT2D eigenvalue weighted by atomic mass is 16.3. The van der Waals surface area contributed by atoms with Crippen molar-refractivity contribution < 1.29 is 5.11 Å². The molecular formula is C12H24N2O. The van der Waals surface area contributed by atoms with Crippen molar-refractivity contribution in [3.63, 3.8) is 0 Å². The molecule has 3 heteroatoms. The van der Waals surface area contributed by atoms with Crippen LogP contribution < -0.4 is 5.32 Å². The largest absolute Gasteiger partial charge is 0.390 e. The molecule has 1 saturated heterocycles. The number of hydrogen-bond acceptors (Lipinski definition) is 3. The Balaban J connectivity index is 1.64. The number of nitrogens with one attached hydrogen (secondary N) is 1. The molecule has 2 N–H and O–H groups in total. The summed E-state index contributed by atoms with van der Waals surface area (Å²) >= 11 is 0. The van der Waals surface area contributed by atoms with E-state index in [4.69, 9.17) is 0 Å². The van der Waals surface area contributed by atoms with Crippen molar-refractivity contribution in [1.29, 1.82) is 0 Å². The van der Waals surface area contributed by atoms with Gasteiger partial charge >= 0.3 is 0 Å². The summed E-state index contributed by atoms with van der Waals surface area (Å²) in [7, 11) is 0. The van der Waals surface area contributed by atoms with Gasteiger partial charge in [0.15, 0.2) is 0 Å². The van der Waals surface area contributed by atoms with Crippen molar-refractivity contribution in [1.82, 2.24) is 10.2 Å². The molecule has 1 aliphatic carbocycles. The molecule has 0 aromatic carbocycles. The SMILES string of the molecule is C[C@@H]1CCCCN1C[C@H](O)CNC1CC1. The van der Waals surface area contributed by atoms with Crippen molar-refractivity contribution >= 4 is 0 Å². The lowest BCUT2D eigenvalue weighted by molar-refractivity contribution is 0.0730. The van der Waals surface area contributed by atoms with E-state index >= 15 is 0 Å². The maximum absolute atomic E-state index is 9.89. The molecule has 1 saturated carbocycles. The molecule has 0 unspecified atom stereocenters. The molecule has 2 atom stereocenters. The van der Waals surface area contributed by atoms with Gasteiger partial charge < -0.3 is 10.4 Å². The molecule has 2 rings (SSSR count). The first-order chi connectivity index (χ1) is 7.25. The molecule has 2 aliphatic rings. The zero-order valence-electron chi connectivity index (χ0n) is 9.78. The van der Waals surface area contributed by atoms with Gasteiger partial charge in [0, 0.05) is 25.2 Å². The Kier molecular flexibility index (Phi) is 4.00. The molecule has 0 aromatic heterocycles. The molecule has 1 heterocycles. The topological polar surface area (TPSA) is 35.5 Å². The maximum atomic E-state index is 9.89. The van der Waals surface area contributed by atoms with E-state index in [0.717, 1.165) is 13.1 Å². The van der Waals surface area contributed by atoms with Crippen LogP contribution in [-0.2, 0) is 0 Å². The summed E-state index contributed by atoms with van der Waals surface area (Å²) in [4.78, 5) is 2.43. The maximum Gasteiger partial charge on any atom is 0.0791 e. The zero-order valence-corrected chi connectivity index (χ0v) is 9.78. The number of rotatable bonds is 5. The van der Waals surface area contributed by atoms with Crippen LogP contribution in [0.4, 0.5) is 0 Å². The molecule has 1 aliphatic heterocycles. The average molecular weight is 212 g/mol. The fourth-order valence-electron chi connectivity index (χ4n) is 2.35. The molecular weight excluding hydrogens is 188 g/mol. The molecule has 2 fully saturated rings. The van der Waals surface area contributed by atoms with Crippen molar-refractivity contribution in [3.05, 3.63) is 0 Å². The van der Waals surface area contributed by atoms with Crippen molar-refractivity contribution in [2.75, 3.05) is 19.6 Å². The van der Waals surface area contributed by atoms with E-state index in [-0.39, 0.29) is 6.10 Å². The average Bonchev–Trinajstić information content (AvgIpc) is 3.02. The third-order valence-corrected chi connectivity index (χ3v) is 3.61. The summed E-state index contributed by atoms with van der Waals surface area (Å²) in [6.45, 7) is 5.07. The lowest BCUT2D eigenvalue weighted by atomic mass is 10.0. The van der Waals surface area contributed by atoms with Crippen molar-refractivity contribution in [2.45, 2.75) is 57.2 Å². The van der Waals surface area contributed by atoms with Crippen LogP contribution in [0.5, 0.6) is 0 Å². The fourth-order valence-corrected chi connectivity index (χ4v) is 2.35. The Morgan fingerprint density at radius 3 is 2.80 bits per heavy atom. The van der Waals surface area contributed by atoms with E-state index in [2.05, 4.69) is 17.1 Å². The lowest BCUT2D eigenvalue weighted by Crippen LogP contribution is -2.45. The number of piperidine rings is 1. The smallest absolute Gasteiger partial charge is 0.0791 e. The highest BCUT2D eigenvalue weighted by molar-refractivity contribution is 4.83. The van der Waals surface area contributed by atoms with Gasteiger partial charge in [-0.05, 0) is 39.2 Å². The third-order valence-electron chi connectivity index (χ3n) is 3.61. The minimum atomic E-state index is -0.189. The summed E-state index contributed by atoms with van der Waals surface area (Å²) in [6, 6.07) is 1.37. The Bertz CT molecular complexity index is 194. The Labute approximate surface area is 92.8 Å². The number of β-amino-alcohol motifs (C(OH)–C–C–N with tert-alkyl or cyclic N) is 1. The molecule has 0 spiro atoms. The van der Waals surface area contributed by atoms with Crippen molar-refractivity contribution in [2.24, 2.45) is 0 Å². The summed E-state index contributed by atoms with van der Waals surface area (Å²) in [5, 5.41) is 13.3. The number of hydrogen-bond donors (Lipinski definition) is 2. The van der Waals surface area contributed by atoms with Crippen LogP contribution in [0.25, 0.3) is 0 Å². The lowest BCUT2D eigenvalue weighted by Gasteiger charge is -2.34. The van der Waals surface area contributed by atoms with E-state index in [1.54, 1.807) is 0 Å². The second-order valence-corrected chi connectivity index (χ2v) is 5.18. The summed E-state index contributed by atoms with van der Waals surface area (Å²) in [6.07, 6.45) is 6.36.